The number of nitrogens with one attached hydrogen (secondary N) is 1. The van der Waals surface area contributed by atoms with Crippen LogP contribution in [0.5, 0.6) is 0 Å². The highest BCUT2D eigenvalue weighted by Crippen LogP contribution is 2.35. The quantitative estimate of drug-likeness (QED) is 0.811. The lowest BCUT2D eigenvalue weighted by atomic mass is 10.2. The molecule has 2 unspecified atom stereocenters. The van der Waals surface area contributed by atoms with Crippen LogP contribution in [-0.4, -0.2) is 6.04 Å². The van der Waals surface area contributed by atoms with Gasteiger partial charge in [-0.3, -0.25) is 0 Å². The molecule has 1 aromatic rings. The average Bonchev–Trinajstić information content (AvgIpc) is 3.03. The molecule has 1 aromatic carbocycles. The second kappa shape index (κ2) is 5.44. The zero-order valence-electron chi connectivity index (χ0n) is 9.77. The van der Waals surface area contributed by atoms with Gasteiger partial charge in [0.2, 0.25) is 0 Å². The first-order chi connectivity index (χ1) is 8.13. The molecule has 17 heavy (non-hydrogen) atoms. The molecule has 0 aliphatic heterocycles. The number of benzene rings is 1. The van der Waals surface area contributed by atoms with Crippen molar-refractivity contribution in [2.45, 2.75) is 38.8 Å². The van der Waals surface area contributed by atoms with E-state index in [0.29, 0.717) is 16.4 Å². The molecule has 1 saturated carbocycles. The van der Waals surface area contributed by atoms with Crippen LogP contribution >= 0.6 is 15.9 Å². The minimum Gasteiger partial charge on any atom is -0.309 e. The fourth-order valence-corrected chi connectivity index (χ4v) is 2.52. The van der Waals surface area contributed by atoms with Crippen LogP contribution in [0.25, 0.3) is 0 Å². The Morgan fingerprint density at radius 1 is 1.41 bits per heavy atom. The molecule has 1 aliphatic carbocycles. The summed E-state index contributed by atoms with van der Waals surface area (Å²) in [5, 5.41) is 3.22. The molecular weight excluding hydrogens is 288 g/mol. The van der Waals surface area contributed by atoms with Gasteiger partial charge in [0.15, 0.2) is 0 Å². The summed E-state index contributed by atoms with van der Waals surface area (Å²) < 4.78 is 27.4. The standard InChI is InChI=1S/C13H16BrF2N/c1-2-3-8-6-12(8)17-7-9-11(15)5-4-10(14)13(9)16/h4-5,8,12,17H,2-3,6-7H2,1H3. The van der Waals surface area contributed by atoms with Crippen LogP contribution in [-0.2, 0) is 6.54 Å². The van der Waals surface area contributed by atoms with Gasteiger partial charge in [0, 0.05) is 18.2 Å². The van der Waals surface area contributed by atoms with Crippen LogP contribution in [0.15, 0.2) is 16.6 Å². The third kappa shape index (κ3) is 3.05. The summed E-state index contributed by atoms with van der Waals surface area (Å²) in [6, 6.07) is 3.12. The molecule has 2 rings (SSSR count). The maximum Gasteiger partial charge on any atom is 0.144 e. The molecule has 0 spiro atoms. The van der Waals surface area contributed by atoms with Gasteiger partial charge in [0.25, 0.3) is 0 Å². The molecule has 0 aromatic heterocycles. The fourth-order valence-electron chi connectivity index (χ4n) is 2.15. The summed E-state index contributed by atoms with van der Waals surface area (Å²) in [5.74, 6) is -0.283. The van der Waals surface area contributed by atoms with Crippen molar-refractivity contribution in [2.75, 3.05) is 0 Å². The molecule has 0 bridgehead atoms. The summed E-state index contributed by atoms with van der Waals surface area (Å²) in [6.45, 7) is 2.42. The van der Waals surface area contributed by atoms with Crippen molar-refractivity contribution in [2.24, 2.45) is 5.92 Å². The second-order valence-corrected chi connectivity index (χ2v) is 5.45. The zero-order chi connectivity index (χ0) is 12.4. The highest BCUT2D eigenvalue weighted by atomic mass is 79.9. The molecule has 4 heteroatoms. The Hall–Kier alpha value is -0.480. The number of rotatable bonds is 5. The van der Waals surface area contributed by atoms with Gasteiger partial charge in [-0.25, -0.2) is 8.78 Å². The molecule has 1 nitrogen and oxygen atoms in total. The van der Waals surface area contributed by atoms with E-state index in [-0.39, 0.29) is 12.1 Å². The normalized spacial score (nSPS) is 22.8. The summed E-state index contributed by atoms with van der Waals surface area (Å²) in [7, 11) is 0. The monoisotopic (exact) mass is 303 g/mol. The van der Waals surface area contributed by atoms with Gasteiger partial charge in [0.1, 0.15) is 11.6 Å². The summed E-state index contributed by atoms with van der Waals surface area (Å²) >= 11 is 3.07. The maximum absolute atomic E-state index is 13.7. The molecule has 0 radical (unpaired) electrons. The first-order valence-corrected chi connectivity index (χ1v) is 6.78. The topological polar surface area (TPSA) is 12.0 Å². The van der Waals surface area contributed by atoms with Crippen molar-refractivity contribution in [3.05, 3.63) is 33.8 Å². The Kier molecular flexibility index (Phi) is 4.15. The average molecular weight is 304 g/mol. The van der Waals surface area contributed by atoms with E-state index in [1.807, 2.05) is 0 Å². The van der Waals surface area contributed by atoms with E-state index in [1.165, 1.54) is 25.0 Å². The molecule has 0 amide bonds. The Balaban J connectivity index is 1.94. The van der Waals surface area contributed by atoms with Gasteiger partial charge in [-0.05, 0) is 46.8 Å². The van der Waals surface area contributed by atoms with Crippen molar-refractivity contribution < 1.29 is 8.78 Å². The van der Waals surface area contributed by atoms with Crippen LogP contribution in [0, 0.1) is 17.6 Å². The first kappa shape index (κ1) is 13.0. The van der Waals surface area contributed by atoms with Crippen LogP contribution in [0.1, 0.15) is 31.7 Å². The van der Waals surface area contributed by atoms with Crippen LogP contribution in [0.4, 0.5) is 8.78 Å². The van der Waals surface area contributed by atoms with Crippen LogP contribution in [0.2, 0.25) is 0 Å². The Bertz CT molecular complexity index is 409. The van der Waals surface area contributed by atoms with Crippen molar-refractivity contribution in [1.29, 1.82) is 0 Å². The van der Waals surface area contributed by atoms with Crippen molar-refractivity contribution in [3.63, 3.8) is 0 Å². The van der Waals surface area contributed by atoms with Gasteiger partial charge in [0.05, 0.1) is 4.47 Å². The molecule has 0 saturated heterocycles. The van der Waals surface area contributed by atoms with Crippen LogP contribution < -0.4 is 5.32 Å². The predicted molar refractivity (Wildman–Crippen MR) is 67.7 cm³/mol. The van der Waals surface area contributed by atoms with Gasteiger partial charge in [-0.2, -0.15) is 0 Å². The molecule has 0 heterocycles. The van der Waals surface area contributed by atoms with Crippen molar-refractivity contribution in [3.8, 4) is 0 Å². The minimum absolute atomic E-state index is 0.126. The molecule has 94 valence electrons. The summed E-state index contributed by atoms with van der Waals surface area (Å²) in [6.07, 6.45) is 3.49. The van der Waals surface area contributed by atoms with E-state index in [0.717, 1.165) is 6.42 Å². The third-order valence-electron chi connectivity index (χ3n) is 3.26. The van der Waals surface area contributed by atoms with E-state index in [2.05, 4.69) is 28.2 Å². The Morgan fingerprint density at radius 2 is 2.18 bits per heavy atom. The van der Waals surface area contributed by atoms with Gasteiger partial charge in [-0.1, -0.05) is 13.3 Å². The van der Waals surface area contributed by atoms with Crippen molar-refractivity contribution >= 4 is 15.9 Å². The summed E-state index contributed by atoms with van der Waals surface area (Å²) in [4.78, 5) is 0. The lowest BCUT2D eigenvalue weighted by molar-refractivity contribution is 0.521. The lowest BCUT2D eigenvalue weighted by Gasteiger charge is -2.08. The minimum atomic E-state index is -0.495. The summed E-state index contributed by atoms with van der Waals surface area (Å²) in [5.41, 5.74) is 0.126. The third-order valence-corrected chi connectivity index (χ3v) is 3.87. The highest BCUT2D eigenvalue weighted by Gasteiger charge is 2.35. The number of hydrogen-bond donors (Lipinski definition) is 1. The second-order valence-electron chi connectivity index (χ2n) is 4.59. The number of hydrogen-bond acceptors (Lipinski definition) is 1. The van der Waals surface area contributed by atoms with Crippen molar-refractivity contribution in [1.82, 2.24) is 5.32 Å². The van der Waals surface area contributed by atoms with E-state index >= 15 is 0 Å². The predicted octanol–water partition coefficient (Wildman–Crippen LogP) is 4.01. The fraction of sp³-hybridized carbons (Fsp3) is 0.538. The van der Waals surface area contributed by atoms with E-state index in [1.54, 1.807) is 0 Å². The van der Waals surface area contributed by atoms with Crippen LogP contribution in [0.3, 0.4) is 0 Å². The molecule has 1 N–H and O–H groups in total. The lowest BCUT2D eigenvalue weighted by Crippen LogP contribution is -2.19. The molecule has 2 atom stereocenters. The van der Waals surface area contributed by atoms with Gasteiger partial charge < -0.3 is 5.32 Å². The maximum atomic E-state index is 13.7. The Morgan fingerprint density at radius 3 is 2.88 bits per heavy atom. The zero-order valence-corrected chi connectivity index (χ0v) is 11.4. The molecular formula is C13H16BrF2N. The van der Waals surface area contributed by atoms with Gasteiger partial charge in [-0.15, -0.1) is 0 Å². The molecule has 1 fully saturated rings. The largest absolute Gasteiger partial charge is 0.309 e. The van der Waals surface area contributed by atoms with E-state index in [4.69, 9.17) is 0 Å². The van der Waals surface area contributed by atoms with E-state index < -0.39 is 11.6 Å². The first-order valence-electron chi connectivity index (χ1n) is 5.99. The highest BCUT2D eigenvalue weighted by molar-refractivity contribution is 9.10. The smallest absolute Gasteiger partial charge is 0.144 e. The van der Waals surface area contributed by atoms with E-state index in [9.17, 15) is 8.78 Å². The number of halogens is 3. The Labute approximate surface area is 109 Å². The SMILES string of the molecule is CCCC1CC1NCc1c(F)ccc(Br)c1F. The molecule has 1 aliphatic rings. The van der Waals surface area contributed by atoms with Gasteiger partial charge >= 0.3 is 0 Å².